The van der Waals surface area contributed by atoms with Crippen LogP contribution in [0.25, 0.3) is 0 Å². The van der Waals surface area contributed by atoms with E-state index in [1.807, 2.05) is 11.8 Å². The van der Waals surface area contributed by atoms with Gasteiger partial charge in [0.1, 0.15) is 5.78 Å². The Morgan fingerprint density at radius 1 is 1.07 bits per heavy atom. The minimum Gasteiger partial charge on any atom is -0.298 e. The van der Waals surface area contributed by atoms with E-state index in [2.05, 4.69) is 6.92 Å². The Bertz CT molecular complexity index is 213. The molecule has 2 fully saturated rings. The van der Waals surface area contributed by atoms with E-state index in [1.54, 1.807) is 0 Å². The van der Waals surface area contributed by atoms with Crippen LogP contribution in [0.1, 0.15) is 51.9 Å². The van der Waals surface area contributed by atoms with Gasteiger partial charge in [-0.2, -0.15) is 11.8 Å². The van der Waals surface area contributed by atoms with Gasteiger partial charge in [-0.3, -0.25) is 4.79 Å². The van der Waals surface area contributed by atoms with Gasteiger partial charge in [0, 0.05) is 5.92 Å². The standard InChI is InChI=1S/C13H22OS/c1-10-5-7-11(8-6-10)13(14)12-4-2-3-9-15-12/h10-12H,2-9H2,1H3. The molecule has 1 nitrogen and oxygen atoms in total. The Balaban J connectivity index is 1.84. The van der Waals surface area contributed by atoms with Crippen LogP contribution in [0.2, 0.25) is 0 Å². The maximum atomic E-state index is 12.2. The van der Waals surface area contributed by atoms with Crippen LogP contribution >= 0.6 is 11.8 Å². The third kappa shape index (κ3) is 2.99. The SMILES string of the molecule is CC1CCC(C(=O)C2CCCCS2)CC1. The molecule has 1 heterocycles. The van der Waals surface area contributed by atoms with E-state index in [0.717, 1.165) is 25.2 Å². The van der Waals surface area contributed by atoms with Gasteiger partial charge in [0.15, 0.2) is 0 Å². The van der Waals surface area contributed by atoms with Gasteiger partial charge in [-0.1, -0.05) is 26.2 Å². The Hall–Kier alpha value is 0.0200. The van der Waals surface area contributed by atoms with Crippen LogP contribution in [-0.4, -0.2) is 16.8 Å². The number of Topliss-reactive ketones (excluding diaryl/α,β-unsaturated/α-hetero) is 1. The number of carbonyl (C=O) groups is 1. The second-order valence-electron chi connectivity index (χ2n) is 5.21. The summed E-state index contributed by atoms with van der Waals surface area (Å²) in [4.78, 5) is 12.2. The molecule has 1 aliphatic carbocycles. The van der Waals surface area contributed by atoms with E-state index in [9.17, 15) is 4.79 Å². The van der Waals surface area contributed by atoms with Gasteiger partial charge in [-0.15, -0.1) is 0 Å². The van der Waals surface area contributed by atoms with E-state index in [0.29, 0.717) is 17.0 Å². The maximum Gasteiger partial charge on any atom is 0.148 e. The number of ketones is 1. The second-order valence-corrected chi connectivity index (χ2v) is 6.52. The van der Waals surface area contributed by atoms with Gasteiger partial charge in [-0.25, -0.2) is 0 Å². The zero-order chi connectivity index (χ0) is 10.7. The highest BCUT2D eigenvalue weighted by molar-refractivity contribution is 8.00. The van der Waals surface area contributed by atoms with Gasteiger partial charge in [-0.05, 0) is 37.4 Å². The Kier molecular flexibility index (Phi) is 4.13. The molecule has 1 aliphatic heterocycles. The highest BCUT2D eigenvalue weighted by Crippen LogP contribution is 2.34. The Morgan fingerprint density at radius 3 is 2.40 bits per heavy atom. The lowest BCUT2D eigenvalue weighted by Gasteiger charge is -2.29. The lowest BCUT2D eigenvalue weighted by atomic mass is 9.80. The first-order valence-electron chi connectivity index (χ1n) is 6.42. The molecule has 1 atom stereocenters. The predicted molar refractivity (Wildman–Crippen MR) is 66.2 cm³/mol. The van der Waals surface area contributed by atoms with E-state index in [1.165, 1.54) is 31.4 Å². The molecule has 0 bridgehead atoms. The highest BCUT2D eigenvalue weighted by Gasteiger charge is 2.30. The fourth-order valence-electron chi connectivity index (χ4n) is 2.77. The van der Waals surface area contributed by atoms with Crippen molar-refractivity contribution in [3.8, 4) is 0 Å². The van der Waals surface area contributed by atoms with E-state index in [4.69, 9.17) is 0 Å². The summed E-state index contributed by atoms with van der Waals surface area (Å²) < 4.78 is 0. The number of thioether (sulfide) groups is 1. The van der Waals surface area contributed by atoms with Crippen molar-refractivity contribution in [2.45, 2.75) is 57.1 Å². The zero-order valence-corrected chi connectivity index (χ0v) is 10.5. The van der Waals surface area contributed by atoms with Crippen molar-refractivity contribution in [3.63, 3.8) is 0 Å². The third-order valence-electron chi connectivity index (χ3n) is 3.92. The molecule has 2 heteroatoms. The first kappa shape index (κ1) is 11.5. The van der Waals surface area contributed by atoms with Crippen LogP contribution in [0.15, 0.2) is 0 Å². The Morgan fingerprint density at radius 2 is 1.80 bits per heavy atom. The summed E-state index contributed by atoms with van der Waals surface area (Å²) >= 11 is 1.92. The number of hydrogen-bond acceptors (Lipinski definition) is 2. The number of hydrogen-bond donors (Lipinski definition) is 0. The monoisotopic (exact) mass is 226 g/mol. The van der Waals surface area contributed by atoms with Crippen molar-refractivity contribution in [3.05, 3.63) is 0 Å². The molecule has 0 aromatic rings. The van der Waals surface area contributed by atoms with E-state index in [-0.39, 0.29) is 0 Å². The van der Waals surface area contributed by atoms with Crippen molar-refractivity contribution >= 4 is 17.5 Å². The van der Waals surface area contributed by atoms with Crippen LogP contribution in [-0.2, 0) is 4.79 Å². The maximum absolute atomic E-state index is 12.2. The van der Waals surface area contributed by atoms with E-state index < -0.39 is 0 Å². The molecule has 0 radical (unpaired) electrons. The number of carbonyl (C=O) groups excluding carboxylic acids is 1. The molecule has 1 unspecified atom stereocenters. The summed E-state index contributed by atoms with van der Waals surface area (Å²) in [6.07, 6.45) is 8.61. The van der Waals surface area contributed by atoms with Gasteiger partial charge in [0.25, 0.3) is 0 Å². The molecular formula is C13H22OS. The third-order valence-corrected chi connectivity index (χ3v) is 5.31. The molecule has 1 saturated carbocycles. The van der Waals surface area contributed by atoms with Crippen molar-refractivity contribution in [2.24, 2.45) is 11.8 Å². The molecule has 2 aliphatic rings. The van der Waals surface area contributed by atoms with Crippen LogP contribution in [0.4, 0.5) is 0 Å². The normalized spacial score (nSPS) is 37.5. The average molecular weight is 226 g/mol. The second kappa shape index (κ2) is 5.38. The molecule has 0 aromatic heterocycles. The molecule has 86 valence electrons. The minimum atomic E-state index is 0.358. The molecule has 2 rings (SSSR count). The fourth-order valence-corrected chi connectivity index (χ4v) is 4.12. The quantitative estimate of drug-likeness (QED) is 0.714. The van der Waals surface area contributed by atoms with Crippen molar-refractivity contribution in [1.82, 2.24) is 0 Å². The summed E-state index contributed by atoms with van der Waals surface area (Å²) in [5, 5.41) is 0.358. The van der Waals surface area contributed by atoms with Gasteiger partial charge in [0.05, 0.1) is 5.25 Å². The molecule has 0 spiro atoms. The minimum absolute atomic E-state index is 0.358. The molecule has 0 amide bonds. The summed E-state index contributed by atoms with van der Waals surface area (Å²) in [5.41, 5.74) is 0. The fraction of sp³-hybridized carbons (Fsp3) is 0.923. The predicted octanol–water partition coefficient (Wildman–Crippen LogP) is 3.67. The highest BCUT2D eigenvalue weighted by atomic mass is 32.2. The van der Waals surface area contributed by atoms with Gasteiger partial charge in [0.2, 0.25) is 0 Å². The largest absolute Gasteiger partial charge is 0.298 e. The lowest BCUT2D eigenvalue weighted by Crippen LogP contribution is -2.30. The summed E-state index contributed by atoms with van der Waals surface area (Å²) in [6, 6.07) is 0. The topological polar surface area (TPSA) is 17.1 Å². The Labute approximate surface area is 97.4 Å². The van der Waals surface area contributed by atoms with Crippen LogP contribution in [0, 0.1) is 11.8 Å². The van der Waals surface area contributed by atoms with Crippen molar-refractivity contribution in [1.29, 1.82) is 0 Å². The van der Waals surface area contributed by atoms with Crippen molar-refractivity contribution < 1.29 is 4.79 Å². The summed E-state index contributed by atoms with van der Waals surface area (Å²) in [5.74, 6) is 3.07. The summed E-state index contributed by atoms with van der Waals surface area (Å²) in [6.45, 7) is 2.32. The number of rotatable bonds is 2. The molecule has 15 heavy (non-hydrogen) atoms. The average Bonchev–Trinajstić information content (AvgIpc) is 2.30. The van der Waals surface area contributed by atoms with Crippen molar-refractivity contribution in [2.75, 3.05) is 5.75 Å². The van der Waals surface area contributed by atoms with Crippen LogP contribution < -0.4 is 0 Å². The molecular weight excluding hydrogens is 204 g/mol. The van der Waals surface area contributed by atoms with E-state index >= 15 is 0 Å². The van der Waals surface area contributed by atoms with Crippen LogP contribution in [0.5, 0.6) is 0 Å². The molecule has 1 saturated heterocycles. The van der Waals surface area contributed by atoms with Gasteiger partial charge < -0.3 is 0 Å². The first-order chi connectivity index (χ1) is 7.27. The van der Waals surface area contributed by atoms with Gasteiger partial charge >= 0.3 is 0 Å². The smallest absolute Gasteiger partial charge is 0.148 e. The zero-order valence-electron chi connectivity index (χ0n) is 9.71. The lowest BCUT2D eigenvalue weighted by molar-refractivity contribution is -0.123. The van der Waals surface area contributed by atoms with Crippen LogP contribution in [0.3, 0.4) is 0 Å². The molecule has 0 aromatic carbocycles. The molecule has 0 N–H and O–H groups in total. The first-order valence-corrected chi connectivity index (χ1v) is 7.47. The summed E-state index contributed by atoms with van der Waals surface area (Å²) in [7, 11) is 0.